The lowest BCUT2D eigenvalue weighted by Crippen LogP contribution is -2.51. The molecule has 5 atom stereocenters. The Balaban J connectivity index is 1.28. The van der Waals surface area contributed by atoms with E-state index in [4.69, 9.17) is 28.4 Å². The van der Waals surface area contributed by atoms with Gasteiger partial charge in [0.2, 0.25) is 0 Å². The fourth-order valence-corrected chi connectivity index (χ4v) is 6.14. The lowest BCUT2D eigenvalue weighted by Gasteiger charge is -2.39. The predicted molar refractivity (Wildman–Crippen MR) is 166 cm³/mol. The summed E-state index contributed by atoms with van der Waals surface area (Å²) in [5.41, 5.74) is 4.48. The second-order valence-electron chi connectivity index (χ2n) is 12.3. The first kappa shape index (κ1) is 32.2. The summed E-state index contributed by atoms with van der Waals surface area (Å²) in [4.78, 5) is 2.37. The smallest absolute Gasteiger partial charge is 0.168 e. The number of benzene rings is 2. The molecule has 2 heterocycles. The molecule has 0 radical (unpaired) electrons. The van der Waals surface area contributed by atoms with Crippen LogP contribution in [-0.2, 0) is 36.9 Å². The molecule has 3 aliphatic rings. The average Bonchev–Trinajstić information content (AvgIpc) is 3.89. The van der Waals surface area contributed by atoms with E-state index in [0.717, 1.165) is 73.6 Å². The fourth-order valence-electron chi connectivity index (χ4n) is 6.14. The minimum absolute atomic E-state index is 0.0113. The summed E-state index contributed by atoms with van der Waals surface area (Å²) in [5, 5.41) is 13.4. The van der Waals surface area contributed by atoms with Crippen LogP contribution in [0.25, 0.3) is 0 Å². The van der Waals surface area contributed by atoms with E-state index in [9.17, 15) is 5.11 Å². The van der Waals surface area contributed by atoms with Crippen LogP contribution >= 0.6 is 0 Å². The molecule has 1 saturated heterocycles. The number of aliphatic hydroxyl groups excluding tert-OH is 1. The Hall–Kier alpha value is -2.24. The maximum absolute atomic E-state index is 9.95. The minimum atomic E-state index is -0.535. The third kappa shape index (κ3) is 8.48. The van der Waals surface area contributed by atoms with Crippen LogP contribution in [0.1, 0.15) is 55.7 Å². The number of anilines is 1. The Morgan fingerprint density at radius 1 is 1.02 bits per heavy atom. The van der Waals surface area contributed by atoms with Gasteiger partial charge in [0, 0.05) is 52.3 Å². The third-order valence-electron chi connectivity index (χ3n) is 8.88. The number of fused-ring (bicyclic) bond motifs is 1. The number of nitrogens with one attached hydrogen (secondary N) is 1. The Bertz CT molecular complexity index is 1140. The van der Waals surface area contributed by atoms with Gasteiger partial charge in [-0.15, -0.1) is 0 Å². The molecule has 2 aliphatic heterocycles. The summed E-state index contributed by atoms with van der Waals surface area (Å²) >= 11 is 0. The van der Waals surface area contributed by atoms with Crippen LogP contribution in [-0.4, -0.2) is 89.4 Å². The first-order chi connectivity index (χ1) is 20.9. The van der Waals surface area contributed by atoms with E-state index in [0.29, 0.717) is 32.3 Å². The van der Waals surface area contributed by atoms with Gasteiger partial charge >= 0.3 is 0 Å². The van der Waals surface area contributed by atoms with Crippen LogP contribution in [0.3, 0.4) is 0 Å². The van der Waals surface area contributed by atoms with E-state index in [1.807, 2.05) is 6.92 Å². The molecule has 1 saturated carbocycles. The maximum atomic E-state index is 9.95. The van der Waals surface area contributed by atoms with E-state index in [-0.39, 0.29) is 24.7 Å². The number of rotatable bonds is 16. The van der Waals surface area contributed by atoms with Crippen LogP contribution in [0.4, 0.5) is 5.69 Å². The molecular formula is C34H50N2O7. The Morgan fingerprint density at radius 2 is 1.77 bits per heavy atom. The summed E-state index contributed by atoms with van der Waals surface area (Å²) in [5.74, 6) is 0.870. The summed E-state index contributed by atoms with van der Waals surface area (Å²) in [6.45, 7) is 9.69. The molecule has 2 aromatic carbocycles. The van der Waals surface area contributed by atoms with Crippen molar-refractivity contribution in [3.05, 3.63) is 59.2 Å². The van der Waals surface area contributed by atoms with Crippen LogP contribution in [0.15, 0.2) is 42.5 Å². The van der Waals surface area contributed by atoms with Crippen molar-refractivity contribution in [1.82, 2.24) is 5.32 Å². The average molecular weight is 599 g/mol. The molecule has 0 bridgehead atoms. The second-order valence-corrected chi connectivity index (χ2v) is 12.3. The van der Waals surface area contributed by atoms with Crippen molar-refractivity contribution >= 4 is 5.69 Å². The van der Waals surface area contributed by atoms with Crippen molar-refractivity contribution < 1.29 is 33.5 Å². The first-order valence-electron chi connectivity index (χ1n) is 15.8. The zero-order chi connectivity index (χ0) is 30.2. The van der Waals surface area contributed by atoms with Gasteiger partial charge in [0.1, 0.15) is 12.4 Å². The monoisotopic (exact) mass is 598 g/mol. The molecule has 0 spiro atoms. The molecule has 1 aliphatic carbocycles. The van der Waals surface area contributed by atoms with Crippen LogP contribution in [0, 0.1) is 5.92 Å². The zero-order valence-electron chi connectivity index (χ0n) is 26.3. The van der Waals surface area contributed by atoms with Crippen LogP contribution in [0.5, 0.6) is 5.75 Å². The quantitative estimate of drug-likeness (QED) is 0.217. The van der Waals surface area contributed by atoms with Gasteiger partial charge in [-0.1, -0.05) is 30.3 Å². The zero-order valence-corrected chi connectivity index (χ0v) is 26.3. The number of piperidine rings is 1. The highest BCUT2D eigenvalue weighted by Crippen LogP contribution is 2.42. The Labute approximate surface area is 256 Å². The summed E-state index contributed by atoms with van der Waals surface area (Å²) in [7, 11) is 3.47. The summed E-state index contributed by atoms with van der Waals surface area (Å²) < 4.78 is 36.0. The van der Waals surface area contributed by atoms with E-state index in [2.05, 4.69) is 52.7 Å². The highest BCUT2D eigenvalue weighted by Gasteiger charge is 2.43. The maximum Gasteiger partial charge on any atom is 0.168 e. The highest BCUT2D eigenvalue weighted by molar-refractivity contribution is 5.61. The van der Waals surface area contributed by atoms with E-state index < -0.39 is 11.9 Å². The van der Waals surface area contributed by atoms with Gasteiger partial charge in [0.25, 0.3) is 0 Å². The summed E-state index contributed by atoms with van der Waals surface area (Å²) in [6.07, 6.45) is 2.51. The van der Waals surface area contributed by atoms with Crippen molar-refractivity contribution in [2.24, 2.45) is 5.92 Å². The number of aliphatic hydroxyl groups is 1. The third-order valence-corrected chi connectivity index (χ3v) is 8.88. The molecule has 43 heavy (non-hydrogen) atoms. The van der Waals surface area contributed by atoms with Gasteiger partial charge in [0.05, 0.1) is 50.4 Å². The topological polar surface area (TPSA) is 90.9 Å². The van der Waals surface area contributed by atoms with E-state index >= 15 is 0 Å². The standard InChI is InChI=1S/C34H50N2O7/c1-24(37)21-41-31-19-35-20-32(33(31)27-9-6-25(7-10-27)23-43-34(2,39-4)28-11-12-28)42-22-26-8-13-30-29(18-26)36(15-17-40-30)14-5-16-38-3/h6-10,13,18,24,28,31-33,35,37H,5,11-12,14-17,19-23H2,1-4H3/t24?,31-,32+,33+,34-/m1/s1. The van der Waals surface area contributed by atoms with Crippen molar-refractivity contribution in [2.45, 2.75) is 76.3 Å². The molecule has 2 N–H and O–H groups in total. The number of methoxy groups -OCH3 is 2. The van der Waals surface area contributed by atoms with Gasteiger partial charge in [0.15, 0.2) is 5.79 Å². The van der Waals surface area contributed by atoms with E-state index in [1.165, 1.54) is 0 Å². The van der Waals surface area contributed by atoms with Gasteiger partial charge in [-0.05, 0) is 61.9 Å². The van der Waals surface area contributed by atoms with Crippen molar-refractivity contribution in [3.8, 4) is 5.75 Å². The SMILES string of the molecule is COCCCN1CCOc2ccc(CO[C@H]3CNC[C@@H](OCC(C)O)[C@@H]3c3ccc(CO[C@@](C)(OC)C4CC4)cc3)cc21. The van der Waals surface area contributed by atoms with Crippen molar-refractivity contribution in [3.63, 3.8) is 0 Å². The lowest BCUT2D eigenvalue weighted by atomic mass is 9.85. The predicted octanol–water partition coefficient (Wildman–Crippen LogP) is 4.25. The van der Waals surface area contributed by atoms with Gasteiger partial charge in [-0.3, -0.25) is 0 Å². The highest BCUT2D eigenvalue weighted by atomic mass is 16.7. The molecular weight excluding hydrogens is 548 g/mol. The Kier molecular flexibility index (Phi) is 11.3. The second kappa shape index (κ2) is 15.2. The van der Waals surface area contributed by atoms with Crippen molar-refractivity contribution in [2.75, 3.05) is 65.1 Å². The van der Waals surface area contributed by atoms with Gasteiger partial charge in [-0.25, -0.2) is 0 Å². The van der Waals surface area contributed by atoms with Crippen LogP contribution in [0.2, 0.25) is 0 Å². The molecule has 9 nitrogen and oxygen atoms in total. The number of hydrogen-bond acceptors (Lipinski definition) is 9. The minimum Gasteiger partial charge on any atom is -0.490 e. The van der Waals surface area contributed by atoms with Gasteiger partial charge < -0.3 is 43.7 Å². The molecule has 2 aromatic rings. The van der Waals surface area contributed by atoms with Gasteiger partial charge in [-0.2, -0.15) is 0 Å². The number of hydrogen-bond donors (Lipinski definition) is 2. The molecule has 238 valence electrons. The molecule has 0 amide bonds. The molecule has 1 unspecified atom stereocenters. The summed E-state index contributed by atoms with van der Waals surface area (Å²) in [6, 6.07) is 14.9. The van der Waals surface area contributed by atoms with Crippen LogP contribution < -0.4 is 15.0 Å². The molecule has 5 rings (SSSR count). The number of nitrogens with zero attached hydrogens (tertiary/aromatic N) is 1. The molecule has 2 fully saturated rings. The fraction of sp³-hybridized carbons (Fsp3) is 0.647. The molecule has 9 heteroatoms. The molecule has 0 aromatic heterocycles. The lowest BCUT2D eigenvalue weighted by molar-refractivity contribution is -0.230. The number of ether oxygens (including phenoxy) is 6. The largest absolute Gasteiger partial charge is 0.490 e. The first-order valence-corrected chi connectivity index (χ1v) is 15.8. The van der Waals surface area contributed by atoms with E-state index in [1.54, 1.807) is 21.1 Å². The Morgan fingerprint density at radius 3 is 2.47 bits per heavy atom. The van der Waals surface area contributed by atoms with Crippen molar-refractivity contribution in [1.29, 1.82) is 0 Å². The normalized spacial score (nSPS) is 24.2.